The highest BCUT2D eigenvalue weighted by molar-refractivity contribution is 7.92. The molecule has 0 bridgehead atoms. The van der Waals surface area contributed by atoms with Crippen molar-refractivity contribution in [2.45, 2.75) is 6.61 Å². The lowest BCUT2D eigenvalue weighted by Gasteiger charge is -2.27. The van der Waals surface area contributed by atoms with Crippen LogP contribution in [0.5, 0.6) is 11.6 Å². The second kappa shape index (κ2) is 11.7. The second-order valence-electron chi connectivity index (χ2n) is 9.17. The predicted octanol–water partition coefficient (Wildman–Crippen LogP) is 2.86. The molecule has 0 aliphatic carbocycles. The number of sulfonamides is 1. The Morgan fingerprint density at radius 1 is 1.12 bits per heavy atom. The zero-order valence-corrected chi connectivity index (χ0v) is 23.1. The Morgan fingerprint density at radius 2 is 1.88 bits per heavy atom. The van der Waals surface area contributed by atoms with Crippen molar-refractivity contribution in [2.75, 3.05) is 49.3 Å². The summed E-state index contributed by atoms with van der Waals surface area (Å²) in [4.78, 5) is 30.3. The van der Waals surface area contributed by atoms with Crippen LogP contribution in [0.25, 0.3) is 22.2 Å². The zero-order valence-electron chi connectivity index (χ0n) is 22.3. The molecule has 42 heavy (non-hydrogen) atoms. The van der Waals surface area contributed by atoms with Crippen molar-refractivity contribution in [1.29, 1.82) is 0 Å². The van der Waals surface area contributed by atoms with Crippen molar-refractivity contribution < 1.29 is 41.3 Å². The van der Waals surface area contributed by atoms with Gasteiger partial charge in [-0.3, -0.25) is 9.71 Å². The van der Waals surface area contributed by atoms with Crippen molar-refractivity contribution in [3.05, 3.63) is 59.6 Å². The van der Waals surface area contributed by atoms with E-state index in [0.717, 1.165) is 24.6 Å². The summed E-state index contributed by atoms with van der Waals surface area (Å²) in [6.45, 7) is 1.33. The van der Waals surface area contributed by atoms with E-state index in [2.05, 4.69) is 24.7 Å². The highest BCUT2D eigenvalue weighted by Gasteiger charge is 2.22. The van der Waals surface area contributed by atoms with E-state index in [0.29, 0.717) is 31.9 Å². The summed E-state index contributed by atoms with van der Waals surface area (Å²) in [5.74, 6) is -2.74. The van der Waals surface area contributed by atoms with Crippen LogP contribution in [0.15, 0.2) is 36.7 Å². The molecule has 4 heterocycles. The fourth-order valence-electron chi connectivity index (χ4n) is 4.24. The van der Waals surface area contributed by atoms with Gasteiger partial charge in [-0.2, -0.15) is 0 Å². The highest BCUT2D eigenvalue weighted by atomic mass is 32.2. The van der Waals surface area contributed by atoms with Gasteiger partial charge in [-0.15, -0.1) is 0 Å². The lowest BCUT2D eigenvalue weighted by atomic mass is 10.1. The fourth-order valence-corrected chi connectivity index (χ4v) is 4.79. The van der Waals surface area contributed by atoms with Crippen LogP contribution < -0.4 is 19.1 Å². The number of carbonyl (C=O) groups is 1. The number of anilines is 2. The Bertz CT molecular complexity index is 1790. The van der Waals surface area contributed by atoms with E-state index in [1.807, 2.05) is 4.90 Å². The molecular formula is C26H24F2N6O7S. The number of nitrogens with one attached hydrogen (secondary N) is 1. The maximum Gasteiger partial charge on any atom is 0.337 e. The van der Waals surface area contributed by atoms with Crippen LogP contribution in [0.4, 0.5) is 20.4 Å². The molecule has 1 saturated heterocycles. The van der Waals surface area contributed by atoms with Crippen LogP contribution in [-0.4, -0.2) is 79.1 Å². The molecule has 5 rings (SSSR count). The number of aromatic carboxylic acids is 1. The summed E-state index contributed by atoms with van der Waals surface area (Å²) >= 11 is 0. The Kier molecular flexibility index (Phi) is 8.00. The van der Waals surface area contributed by atoms with Gasteiger partial charge in [0, 0.05) is 42.5 Å². The predicted molar refractivity (Wildman–Crippen MR) is 146 cm³/mol. The Labute approximate surface area is 238 Å². The standard InChI is InChI=1S/C26H24F2N6O7S/c1-39-24-19(33-42(2,37)38)8-14(11-30-24)22-17-9-16(27)10-21(23(17)32-26(31-22)34-3-5-40-6-4-34)41-13-20-18(28)7-15(12-29-20)25(35)36/h7-12,33H,3-6,13H2,1-2H3,(H,35,36). The first kappa shape index (κ1) is 28.8. The first-order valence-corrected chi connectivity index (χ1v) is 14.3. The van der Waals surface area contributed by atoms with Gasteiger partial charge < -0.3 is 24.2 Å². The molecule has 13 nitrogen and oxygen atoms in total. The summed E-state index contributed by atoms with van der Waals surface area (Å²) in [5, 5.41) is 9.26. The van der Waals surface area contributed by atoms with E-state index in [4.69, 9.17) is 19.3 Å². The number of carboxylic acids is 1. The van der Waals surface area contributed by atoms with Crippen molar-refractivity contribution in [3.63, 3.8) is 0 Å². The summed E-state index contributed by atoms with van der Waals surface area (Å²) < 4.78 is 72.2. The van der Waals surface area contributed by atoms with Crippen molar-refractivity contribution in [2.24, 2.45) is 0 Å². The van der Waals surface area contributed by atoms with Gasteiger partial charge in [0.1, 0.15) is 40.9 Å². The van der Waals surface area contributed by atoms with Crippen molar-refractivity contribution in [1.82, 2.24) is 19.9 Å². The van der Waals surface area contributed by atoms with Gasteiger partial charge in [0.15, 0.2) is 0 Å². The molecule has 0 saturated carbocycles. The third kappa shape index (κ3) is 6.28. The fraction of sp³-hybridized carbons (Fsp3) is 0.269. The Morgan fingerprint density at radius 3 is 2.55 bits per heavy atom. The quantitative estimate of drug-likeness (QED) is 0.288. The summed E-state index contributed by atoms with van der Waals surface area (Å²) in [5.41, 5.74) is 0.217. The normalized spacial score (nSPS) is 13.7. The Balaban J connectivity index is 1.64. The summed E-state index contributed by atoms with van der Waals surface area (Å²) in [7, 11) is -2.38. The van der Waals surface area contributed by atoms with Gasteiger partial charge in [0.25, 0.3) is 0 Å². The number of halogens is 2. The molecular weight excluding hydrogens is 578 g/mol. The first-order valence-electron chi connectivity index (χ1n) is 12.4. The third-order valence-electron chi connectivity index (χ3n) is 6.15. The average molecular weight is 603 g/mol. The average Bonchev–Trinajstić information content (AvgIpc) is 2.95. The minimum Gasteiger partial charge on any atom is -0.485 e. The number of morpholine rings is 1. The number of carboxylic acid groups (broad SMARTS) is 1. The van der Waals surface area contributed by atoms with Gasteiger partial charge in [-0.1, -0.05) is 0 Å². The van der Waals surface area contributed by atoms with Gasteiger partial charge in [0.2, 0.25) is 21.9 Å². The molecule has 4 aromatic rings. The number of benzene rings is 1. The molecule has 220 valence electrons. The number of hydrogen-bond donors (Lipinski definition) is 2. The molecule has 1 fully saturated rings. The van der Waals surface area contributed by atoms with Crippen molar-refractivity contribution >= 4 is 38.5 Å². The zero-order chi connectivity index (χ0) is 30.0. The number of rotatable bonds is 9. The molecule has 0 amide bonds. The van der Waals surface area contributed by atoms with Gasteiger partial charge in [-0.05, 0) is 18.2 Å². The van der Waals surface area contributed by atoms with Crippen LogP contribution in [0.1, 0.15) is 16.1 Å². The summed E-state index contributed by atoms with van der Waals surface area (Å²) in [6.07, 6.45) is 3.36. The number of pyridine rings is 2. The molecule has 0 spiro atoms. The van der Waals surface area contributed by atoms with Crippen LogP contribution in [0.3, 0.4) is 0 Å². The number of fused-ring (bicyclic) bond motifs is 1. The van der Waals surface area contributed by atoms with Crippen LogP contribution in [0, 0.1) is 11.6 Å². The number of methoxy groups -OCH3 is 1. The first-order chi connectivity index (χ1) is 20.0. The molecule has 1 aliphatic rings. The van der Waals surface area contributed by atoms with Crippen LogP contribution in [-0.2, 0) is 21.4 Å². The topological polar surface area (TPSA) is 166 Å². The molecule has 1 aromatic carbocycles. The van der Waals surface area contributed by atoms with E-state index >= 15 is 0 Å². The van der Waals surface area contributed by atoms with E-state index in [1.54, 1.807) is 0 Å². The molecule has 0 radical (unpaired) electrons. The molecule has 2 N–H and O–H groups in total. The summed E-state index contributed by atoms with van der Waals surface area (Å²) in [6, 6.07) is 4.53. The molecule has 16 heteroatoms. The minimum atomic E-state index is -3.71. The monoisotopic (exact) mass is 602 g/mol. The number of nitrogens with zero attached hydrogens (tertiary/aromatic N) is 5. The number of hydrogen-bond acceptors (Lipinski definition) is 11. The maximum atomic E-state index is 15.0. The van der Waals surface area contributed by atoms with Crippen LogP contribution in [0.2, 0.25) is 0 Å². The molecule has 0 unspecified atom stereocenters. The van der Waals surface area contributed by atoms with Crippen molar-refractivity contribution in [3.8, 4) is 22.9 Å². The Hall–Kier alpha value is -4.70. The maximum absolute atomic E-state index is 15.0. The van der Waals surface area contributed by atoms with Gasteiger partial charge in [0.05, 0.1) is 37.8 Å². The molecule has 3 aromatic heterocycles. The SMILES string of the molecule is COc1ncc(-c2nc(N3CCOCC3)nc3c(OCc4ncc(C(=O)O)cc4F)cc(F)cc23)cc1NS(C)(=O)=O. The van der Waals surface area contributed by atoms with Crippen LogP contribution >= 0.6 is 0 Å². The lowest BCUT2D eigenvalue weighted by molar-refractivity contribution is 0.0695. The molecule has 1 aliphatic heterocycles. The smallest absolute Gasteiger partial charge is 0.337 e. The third-order valence-corrected chi connectivity index (χ3v) is 6.75. The number of aromatic nitrogens is 4. The van der Waals surface area contributed by atoms with E-state index < -0.39 is 34.2 Å². The molecule has 0 atom stereocenters. The largest absolute Gasteiger partial charge is 0.485 e. The number of ether oxygens (including phenoxy) is 3. The highest BCUT2D eigenvalue weighted by Crippen LogP contribution is 2.37. The second-order valence-corrected chi connectivity index (χ2v) is 10.9. The van der Waals surface area contributed by atoms with E-state index in [9.17, 15) is 22.0 Å². The minimum absolute atomic E-state index is 0.00888. The van der Waals surface area contributed by atoms with Gasteiger partial charge in [-0.25, -0.2) is 36.9 Å². The van der Waals surface area contributed by atoms with Gasteiger partial charge >= 0.3 is 5.97 Å². The van der Waals surface area contributed by atoms with E-state index in [-0.39, 0.29) is 51.1 Å². The van der Waals surface area contributed by atoms with E-state index in [1.165, 1.54) is 25.4 Å². The lowest BCUT2D eigenvalue weighted by Crippen LogP contribution is -2.37.